The number of anilines is 1. The molecular weight excluding hydrogens is 150 g/mol. The molecule has 1 aromatic carbocycles. The maximum absolute atomic E-state index is 7.26. The van der Waals surface area contributed by atoms with E-state index in [4.69, 9.17) is 11.1 Å². The van der Waals surface area contributed by atoms with Crippen molar-refractivity contribution in [1.29, 1.82) is 5.41 Å². The van der Waals surface area contributed by atoms with Crippen molar-refractivity contribution >= 4 is 11.5 Å². The Hall–Kier alpha value is -1.51. The molecule has 1 aliphatic rings. The van der Waals surface area contributed by atoms with Gasteiger partial charge in [-0.25, -0.2) is 0 Å². The molecule has 3 heteroatoms. The number of rotatable bonds is 1. The lowest BCUT2D eigenvalue weighted by Crippen LogP contribution is -2.10. The van der Waals surface area contributed by atoms with Crippen molar-refractivity contribution in [2.75, 3.05) is 11.9 Å². The maximum Gasteiger partial charge on any atom is 0.122 e. The molecule has 12 heavy (non-hydrogen) atoms. The molecule has 1 aliphatic heterocycles. The quantitative estimate of drug-likeness (QED) is 0.424. The molecule has 0 aliphatic carbocycles. The van der Waals surface area contributed by atoms with Crippen molar-refractivity contribution in [3.05, 3.63) is 29.3 Å². The van der Waals surface area contributed by atoms with Gasteiger partial charge in [-0.15, -0.1) is 0 Å². The summed E-state index contributed by atoms with van der Waals surface area (Å²) in [5.41, 5.74) is 8.63. The average Bonchev–Trinajstić information content (AvgIpc) is 2.49. The van der Waals surface area contributed by atoms with Gasteiger partial charge < -0.3 is 11.1 Å². The molecule has 0 unspecified atom stereocenters. The summed E-state index contributed by atoms with van der Waals surface area (Å²) in [7, 11) is 0. The van der Waals surface area contributed by atoms with Gasteiger partial charge in [-0.1, -0.05) is 0 Å². The monoisotopic (exact) mass is 161 g/mol. The first kappa shape index (κ1) is 7.16. The second-order valence-corrected chi connectivity index (χ2v) is 2.96. The molecule has 1 aromatic rings. The molecule has 0 fully saturated rings. The minimum absolute atomic E-state index is 0.143. The Labute approximate surface area is 71.1 Å². The number of benzene rings is 1. The second kappa shape index (κ2) is 2.52. The Morgan fingerprint density at radius 3 is 3.08 bits per heavy atom. The van der Waals surface area contributed by atoms with E-state index in [2.05, 4.69) is 5.32 Å². The summed E-state index contributed by atoms with van der Waals surface area (Å²) in [6.07, 6.45) is 1.04. The van der Waals surface area contributed by atoms with Crippen LogP contribution in [-0.2, 0) is 6.42 Å². The van der Waals surface area contributed by atoms with Crippen LogP contribution in [0.25, 0.3) is 0 Å². The number of fused-ring (bicyclic) bond motifs is 1. The van der Waals surface area contributed by atoms with E-state index in [-0.39, 0.29) is 5.84 Å². The highest BCUT2D eigenvalue weighted by atomic mass is 14.9. The maximum atomic E-state index is 7.26. The fourth-order valence-corrected chi connectivity index (χ4v) is 1.47. The Bertz CT molecular complexity index is 331. The number of nitrogens with two attached hydrogens (primary N) is 1. The van der Waals surface area contributed by atoms with Crippen LogP contribution in [0.15, 0.2) is 18.2 Å². The standard InChI is InChI=1S/C9H11N3/c10-9(11)7-1-2-8-6(5-7)3-4-12-8/h1-2,5,12H,3-4H2,(H3,10,11). The van der Waals surface area contributed by atoms with E-state index in [9.17, 15) is 0 Å². The van der Waals surface area contributed by atoms with Crippen LogP contribution < -0.4 is 11.1 Å². The zero-order valence-corrected chi connectivity index (χ0v) is 6.72. The van der Waals surface area contributed by atoms with Gasteiger partial charge in [0.05, 0.1) is 0 Å². The largest absolute Gasteiger partial charge is 0.384 e. The van der Waals surface area contributed by atoms with Gasteiger partial charge in [0.25, 0.3) is 0 Å². The van der Waals surface area contributed by atoms with E-state index < -0.39 is 0 Å². The third-order valence-electron chi connectivity index (χ3n) is 2.13. The molecular formula is C9H11N3. The molecule has 0 saturated carbocycles. The summed E-state index contributed by atoms with van der Waals surface area (Å²) in [6.45, 7) is 0.997. The normalized spacial score (nSPS) is 13.7. The summed E-state index contributed by atoms with van der Waals surface area (Å²) in [4.78, 5) is 0. The summed E-state index contributed by atoms with van der Waals surface area (Å²) >= 11 is 0. The van der Waals surface area contributed by atoms with E-state index in [0.29, 0.717) is 0 Å². The number of nitrogen functional groups attached to an aromatic ring is 1. The first-order chi connectivity index (χ1) is 5.77. The fourth-order valence-electron chi connectivity index (χ4n) is 1.47. The molecule has 0 atom stereocenters. The number of hydrogen-bond donors (Lipinski definition) is 3. The fraction of sp³-hybridized carbons (Fsp3) is 0.222. The van der Waals surface area contributed by atoms with Crippen LogP contribution in [0.5, 0.6) is 0 Å². The van der Waals surface area contributed by atoms with Gasteiger partial charge >= 0.3 is 0 Å². The summed E-state index contributed by atoms with van der Waals surface area (Å²) < 4.78 is 0. The predicted molar refractivity (Wildman–Crippen MR) is 49.7 cm³/mol. The van der Waals surface area contributed by atoms with Crippen LogP contribution >= 0.6 is 0 Å². The van der Waals surface area contributed by atoms with Crippen molar-refractivity contribution in [2.24, 2.45) is 5.73 Å². The summed E-state index contributed by atoms with van der Waals surface area (Å²) in [5.74, 6) is 0.143. The lowest BCUT2D eigenvalue weighted by atomic mass is 10.1. The minimum Gasteiger partial charge on any atom is -0.384 e. The highest BCUT2D eigenvalue weighted by Crippen LogP contribution is 2.22. The lowest BCUT2D eigenvalue weighted by molar-refractivity contribution is 1.10. The third-order valence-corrected chi connectivity index (χ3v) is 2.13. The molecule has 0 saturated heterocycles. The molecule has 0 bridgehead atoms. The molecule has 0 radical (unpaired) electrons. The van der Waals surface area contributed by atoms with E-state index in [1.165, 1.54) is 11.3 Å². The van der Waals surface area contributed by atoms with Crippen molar-refractivity contribution in [2.45, 2.75) is 6.42 Å². The van der Waals surface area contributed by atoms with E-state index in [1.54, 1.807) is 0 Å². The Kier molecular flexibility index (Phi) is 1.50. The van der Waals surface area contributed by atoms with Crippen LogP contribution in [0.4, 0.5) is 5.69 Å². The predicted octanol–water partition coefficient (Wildman–Crippen LogP) is 0.939. The Morgan fingerprint density at radius 2 is 2.33 bits per heavy atom. The first-order valence-electron chi connectivity index (χ1n) is 3.98. The molecule has 0 spiro atoms. The van der Waals surface area contributed by atoms with Gasteiger partial charge in [0.1, 0.15) is 5.84 Å². The Balaban J connectivity index is 2.45. The topological polar surface area (TPSA) is 61.9 Å². The van der Waals surface area contributed by atoms with Crippen molar-refractivity contribution in [1.82, 2.24) is 0 Å². The van der Waals surface area contributed by atoms with Crippen LogP contribution in [0.1, 0.15) is 11.1 Å². The number of nitrogens with one attached hydrogen (secondary N) is 2. The molecule has 62 valence electrons. The van der Waals surface area contributed by atoms with E-state index in [0.717, 1.165) is 18.5 Å². The summed E-state index contributed by atoms with van der Waals surface area (Å²) in [5, 5.41) is 10.5. The van der Waals surface area contributed by atoms with Gasteiger partial charge in [0.15, 0.2) is 0 Å². The molecule has 0 aromatic heterocycles. The SMILES string of the molecule is N=C(N)c1ccc2c(c1)CCN2. The van der Waals surface area contributed by atoms with Gasteiger partial charge in [0.2, 0.25) is 0 Å². The molecule has 1 heterocycles. The highest BCUT2D eigenvalue weighted by molar-refractivity contribution is 5.95. The van der Waals surface area contributed by atoms with E-state index >= 15 is 0 Å². The minimum atomic E-state index is 0.143. The molecule has 3 nitrogen and oxygen atoms in total. The zero-order chi connectivity index (χ0) is 8.55. The molecule has 2 rings (SSSR count). The van der Waals surface area contributed by atoms with Crippen molar-refractivity contribution < 1.29 is 0 Å². The smallest absolute Gasteiger partial charge is 0.122 e. The zero-order valence-electron chi connectivity index (χ0n) is 6.72. The van der Waals surface area contributed by atoms with Gasteiger partial charge in [0, 0.05) is 17.8 Å². The second-order valence-electron chi connectivity index (χ2n) is 2.96. The van der Waals surface area contributed by atoms with Crippen LogP contribution in [0.3, 0.4) is 0 Å². The van der Waals surface area contributed by atoms with Gasteiger partial charge in [-0.3, -0.25) is 5.41 Å². The Morgan fingerprint density at radius 1 is 1.50 bits per heavy atom. The summed E-state index contributed by atoms with van der Waals surface area (Å²) in [6, 6.07) is 5.84. The average molecular weight is 161 g/mol. The first-order valence-corrected chi connectivity index (χ1v) is 3.98. The van der Waals surface area contributed by atoms with Crippen LogP contribution in [0, 0.1) is 5.41 Å². The van der Waals surface area contributed by atoms with E-state index in [1.807, 2.05) is 18.2 Å². The van der Waals surface area contributed by atoms with Crippen molar-refractivity contribution in [3.63, 3.8) is 0 Å². The number of hydrogen-bond acceptors (Lipinski definition) is 2. The highest BCUT2D eigenvalue weighted by Gasteiger charge is 2.10. The molecule has 4 N–H and O–H groups in total. The number of amidine groups is 1. The van der Waals surface area contributed by atoms with Crippen LogP contribution in [-0.4, -0.2) is 12.4 Å². The van der Waals surface area contributed by atoms with Crippen LogP contribution in [0.2, 0.25) is 0 Å². The third kappa shape index (κ3) is 1.03. The van der Waals surface area contributed by atoms with Gasteiger partial charge in [-0.2, -0.15) is 0 Å². The molecule has 0 amide bonds. The lowest BCUT2D eigenvalue weighted by Gasteiger charge is -2.01. The van der Waals surface area contributed by atoms with Crippen molar-refractivity contribution in [3.8, 4) is 0 Å². The van der Waals surface area contributed by atoms with Gasteiger partial charge in [-0.05, 0) is 30.2 Å².